The summed E-state index contributed by atoms with van der Waals surface area (Å²) in [4.78, 5) is 36.1. The summed E-state index contributed by atoms with van der Waals surface area (Å²) >= 11 is 0. The van der Waals surface area contributed by atoms with Gasteiger partial charge in [-0.3, -0.25) is 19.3 Å². The van der Waals surface area contributed by atoms with Crippen LogP contribution in [0.4, 0.5) is 4.39 Å². The van der Waals surface area contributed by atoms with Crippen LogP contribution in [0, 0.1) is 12.7 Å². The van der Waals surface area contributed by atoms with Gasteiger partial charge in [0.1, 0.15) is 11.9 Å². The van der Waals surface area contributed by atoms with Crippen molar-refractivity contribution in [1.82, 2.24) is 10.2 Å². The maximum atomic E-state index is 13.7. The minimum atomic E-state index is -0.786. The van der Waals surface area contributed by atoms with Crippen molar-refractivity contribution < 1.29 is 18.8 Å². The number of hydrogen-bond acceptors (Lipinski definition) is 3. The van der Waals surface area contributed by atoms with E-state index in [2.05, 4.69) is 5.32 Å². The van der Waals surface area contributed by atoms with Crippen molar-refractivity contribution in [2.45, 2.75) is 25.8 Å². The van der Waals surface area contributed by atoms with Gasteiger partial charge in [-0.15, -0.1) is 0 Å². The number of carbonyl (C=O) groups is 3. The molecule has 0 bridgehead atoms. The number of carbonyl (C=O) groups excluding carboxylic acids is 3. The van der Waals surface area contributed by atoms with Gasteiger partial charge in [-0.25, -0.2) is 4.39 Å². The number of rotatable bonds is 2. The fourth-order valence-corrected chi connectivity index (χ4v) is 2.09. The Morgan fingerprint density at radius 2 is 2.10 bits per heavy atom. The van der Waals surface area contributed by atoms with E-state index in [0.29, 0.717) is 5.56 Å². The largest absolute Gasteiger partial charge is 0.340 e. The lowest BCUT2D eigenvalue weighted by Crippen LogP contribution is -2.53. The monoisotopic (exact) mass is 278 g/mol. The highest BCUT2D eigenvalue weighted by Gasteiger charge is 2.33. The number of aryl methyl sites for hydroxylation is 1. The van der Waals surface area contributed by atoms with Crippen LogP contribution in [0.15, 0.2) is 18.2 Å². The smallest absolute Gasteiger partial charge is 0.254 e. The molecule has 106 valence electrons. The number of imide groups is 1. The fraction of sp³-hybridized carbons (Fsp3) is 0.357. The molecular formula is C14H15FN2O3. The van der Waals surface area contributed by atoms with Crippen molar-refractivity contribution in [2.24, 2.45) is 0 Å². The molecule has 0 aromatic heterocycles. The van der Waals surface area contributed by atoms with Crippen LogP contribution in [-0.4, -0.2) is 35.7 Å². The number of halogens is 1. The lowest BCUT2D eigenvalue weighted by Gasteiger charge is -2.28. The summed E-state index contributed by atoms with van der Waals surface area (Å²) in [5.41, 5.74) is 0.598. The highest BCUT2D eigenvalue weighted by molar-refractivity contribution is 6.03. The third kappa shape index (κ3) is 2.68. The molecule has 1 saturated heterocycles. The van der Waals surface area contributed by atoms with Crippen LogP contribution in [0.5, 0.6) is 0 Å². The number of nitrogens with one attached hydrogen (secondary N) is 1. The van der Waals surface area contributed by atoms with Gasteiger partial charge in [0.15, 0.2) is 0 Å². The van der Waals surface area contributed by atoms with Gasteiger partial charge in [0.2, 0.25) is 5.91 Å². The summed E-state index contributed by atoms with van der Waals surface area (Å²) < 4.78 is 13.7. The van der Waals surface area contributed by atoms with E-state index >= 15 is 0 Å². The lowest BCUT2D eigenvalue weighted by atomic mass is 10.0. The summed E-state index contributed by atoms with van der Waals surface area (Å²) in [6.45, 7) is 1.72. The van der Waals surface area contributed by atoms with Gasteiger partial charge < -0.3 is 5.32 Å². The molecule has 3 amide bonds. The molecule has 5 nitrogen and oxygen atoms in total. The molecule has 0 saturated carbocycles. The van der Waals surface area contributed by atoms with E-state index in [9.17, 15) is 18.8 Å². The van der Waals surface area contributed by atoms with Gasteiger partial charge in [-0.2, -0.15) is 0 Å². The minimum Gasteiger partial charge on any atom is -0.340 e. The molecule has 20 heavy (non-hydrogen) atoms. The van der Waals surface area contributed by atoms with Crippen molar-refractivity contribution in [1.29, 1.82) is 0 Å². The topological polar surface area (TPSA) is 66.5 Å². The van der Waals surface area contributed by atoms with E-state index in [1.165, 1.54) is 19.2 Å². The summed E-state index contributed by atoms with van der Waals surface area (Å²) in [6.07, 6.45) is 0.421. The van der Waals surface area contributed by atoms with Gasteiger partial charge >= 0.3 is 0 Å². The molecule has 1 atom stereocenters. The highest BCUT2D eigenvalue weighted by Crippen LogP contribution is 2.14. The lowest BCUT2D eigenvalue weighted by molar-refractivity contribution is -0.147. The average molecular weight is 278 g/mol. The molecule has 0 spiro atoms. The first-order valence-corrected chi connectivity index (χ1v) is 6.27. The van der Waals surface area contributed by atoms with Crippen molar-refractivity contribution in [2.75, 3.05) is 7.05 Å². The number of hydrogen-bond donors (Lipinski definition) is 1. The molecule has 2 rings (SSSR count). The number of nitrogens with zero attached hydrogens (tertiary/aromatic N) is 1. The number of likely N-dealkylation sites (N-methyl/N-ethyl adjacent to an activating group) is 1. The van der Waals surface area contributed by atoms with E-state index in [4.69, 9.17) is 0 Å². The van der Waals surface area contributed by atoms with Crippen LogP contribution < -0.4 is 5.32 Å². The van der Waals surface area contributed by atoms with Crippen LogP contribution in [0.25, 0.3) is 0 Å². The quantitative estimate of drug-likeness (QED) is 0.821. The second-order valence-corrected chi connectivity index (χ2v) is 4.84. The highest BCUT2D eigenvalue weighted by atomic mass is 19.1. The van der Waals surface area contributed by atoms with Crippen molar-refractivity contribution in [3.8, 4) is 0 Å². The summed E-state index contributed by atoms with van der Waals surface area (Å²) in [5, 5.41) is 2.47. The Morgan fingerprint density at radius 3 is 2.75 bits per heavy atom. The zero-order chi connectivity index (χ0) is 14.9. The van der Waals surface area contributed by atoms with Crippen LogP contribution in [0.2, 0.25) is 0 Å². The van der Waals surface area contributed by atoms with Gasteiger partial charge in [0.05, 0.1) is 5.56 Å². The van der Waals surface area contributed by atoms with Crippen LogP contribution in [0.1, 0.15) is 28.8 Å². The van der Waals surface area contributed by atoms with Gasteiger partial charge in [0, 0.05) is 13.5 Å². The van der Waals surface area contributed by atoms with Crippen LogP contribution in [-0.2, 0) is 9.59 Å². The van der Waals surface area contributed by atoms with Crippen molar-refractivity contribution >= 4 is 17.7 Å². The Kier molecular flexibility index (Phi) is 3.83. The fourth-order valence-electron chi connectivity index (χ4n) is 2.09. The molecule has 0 aliphatic carbocycles. The molecule has 1 unspecified atom stereocenters. The third-order valence-corrected chi connectivity index (χ3v) is 3.32. The first-order valence-electron chi connectivity index (χ1n) is 6.27. The number of likely N-dealkylation sites (tertiary alicyclic amines) is 1. The molecule has 1 fully saturated rings. The first kappa shape index (κ1) is 14.2. The molecule has 1 aliphatic rings. The van der Waals surface area contributed by atoms with E-state index in [1.807, 2.05) is 0 Å². The molecular weight excluding hydrogens is 263 g/mol. The standard InChI is InChI=1S/C14H15FN2O3/c1-8-3-4-9(10(15)7-8)13(19)16-11-5-6-12(18)17(2)14(11)20/h3-4,7,11H,5-6H2,1-2H3,(H,16,19). The van der Waals surface area contributed by atoms with Crippen LogP contribution >= 0.6 is 0 Å². The number of amides is 3. The number of benzene rings is 1. The average Bonchev–Trinajstić information content (AvgIpc) is 2.39. The molecule has 1 heterocycles. The second kappa shape index (κ2) is 5.40. The normalized spacial score (nSPS) is 19.1. The third-order valence-electron chi connectivity index (χ3n) is 3.32. The van der Waals surface area contributed by atoms with E-state index in [-0.39, 0.29) is 24.3 Å². The first-order chi connectivity index (χ1) is 9.40. The zero-order valence-electron chi connectivity index (χ0n) is 11.3. The van der Waals surface area contributed by atoms with Gasteiger partial charge in [-0.1, -0.05) is 6.07 Å². The molecule has 6 heteroatoms. The van der Waals surface area contributed by atoms with Crippen molar-refractivity contribution in [3.63, 3.8) is 0 Å². The van der Waals surface area contributed by atoms with Gasteiger partial charge in [-0.05, 0) is 31.0 Å². The predicted octanol–water partition coefficient (Wildman–Crippen LogP) is 1.01. The molecule has 1 aliphatic heterocycles. The predicted molar refractivity (Wildman–Crippen MR) is 69.4 cm³/mol. The number of piperidine rings is 1. The Balaban J connectivity index is 2.12. The Bertz CT molecular complexity index is 586. The summed E-state index contributed by atoms with van der Waals surface area (Å²) in [7, 11) is 1.37. The summed E-state index contributed by atoms with van der Waals surface area (Å²) in [5.74, 6) is -2.03. The van der Waals surface area contributed by atoms with E-state index in [0.717, 1.165) is 4.90 Å². The Morgan fingerprint density at radius 1 is 1.40 bits per heavy atom. The maximum Gasteiger partial charge on any atom is 0.254 e. The maximum absolute atomic E-state index is 13.7. The van der Waals surface area contributed by atoms with E-state index < -0.39 is 23.7 Å². The Hall–Kier alpha value is -2.24. The van der Waals surface area contributed by atoms with Gasteiger partial charge in [0.25, 0.3) is 11.8 Å². The molecule has 0 radical (unpaired) electrons. The van der Waals surface area contributed by atoms with Crippen LogP contribution in [0.3, 0.4) is 0 Å². The van der Waals surface area contributed by atoms with Crippen molar-refractivity contribution in [3.05, 3.63) is 35.1 Å². The Labute approximate surface area is 115 Å². The SMILES string of the molecule is Cc1ccc(C(=O)NC2CCC(=O)N(C)C2=O)c(F)c1. The molecule has 1 aromatic rings. The minimum absolute atomic E-state index is 0.108. The summed E-state index contributed by atoms with van der Waals surface area (Å²) in [6, 6.07) is 3.47. The molecule has 1 N–H and O–H groups in total. The second-order valence-electron chi connectivity index (χ2n) is 4.84. The molecule has 1 aromatic carbocycles. The van der Waals surface area contributed by atoms with E-state index in [1.54, 1.807) is 13.0 Å². The zero-order valence-corrected chi connectivity index (χ0v) is 11.3.